The van der Waals surface area contributed by atoms with Crippen molar-refractivity contribution in [3.05, 3.63) is 54.0 Å². The fourth-order valence-corrected chi connectivity index (χ4v) is 3.28. The molecule has 1 saturated heterocycles. The smallest absolute Gasteiger partial charge is 0.270 e. The van der Waals surface area contributed by atoms with Crippen molar-refractivity contribution in [1.82, 2.24) is 15.2 Å². The Kier molecular flexibility index (Phi) is 6.40. The first-order valence-electron chi connectivity index (χ1n) is 9.44. The number of ether oxygens (including phenoxy) is 1. The van der Waals surface area contributed by atoms with E-state index in [0.29, 0.717) is 35.8 Å². The van der Waals surface area contributed by atoms with Crippen molar-refractivity contribution in [3.63, 3.8) is 0 Å². The van der Waals surface area contributed by atoms with E-state index >= 15 is 0 Å². The summed E-state index contributed by atoms with van der Waals surface area (Å²) in [5, 5.41) is 2.99. The lowest BCUT2D eigenvalue weighted by Gasteiger charge is -2.35. The Balaban J connectivity index is 1.56. The molecule has 1 aliphatic heterocycles. The van der Waals surface area contributed by atoms with Crippen LogP contribution >= 0.6 is 0 Å². The molecule has 27 heavy (non-hydrogen) atoms. The summed E-state index contributed by atoms with van der Waals surface area (Å²) in [5.74, 6) is 0.697. The van der Waals surface area contributed by atoms with Gasteiger partial charge in [-0.05, 0) is 69.5 Å². The molecule has 1 amide bonds. The van der Waals surface area contributed by atoms with Gasteiger partial charge < -0.3 is 15.0 Å². The van der Waals surface area contributed by atoms with Crippen LogP contribution in [0.4, 0.5) is 4.39 Å². The molecule has 1 atom stereocenters. The molecular formula is C21H26FN3O2. The topological polar surface area (TPSA) is 54.5 Å². The number of carbonyl (C=O) groups excluding carboxylic acids is 1. The van der Waals surface area contributed by atoms with Gasteiger partial charge in [-0.2, -0.15) is 0 Å². The van der Waals surface area contributed by atoms with Gasteiger partial charge in [-0.15, -0.1) is 0 Å². The van der Waals surface area contributed by atoms with E-state index in [1.165, 1.54) is 24.3 Å². The largest absolute Gasteiger partial charge is 0.439 e. The zero-order valence-corrected chi connectivity index (χ0v) is 15.8. The zero-order chi connectivity index (χ0) is 19.2. The second kappa shape index (κ2) is 8.95. The Morgan fingerprint density at radius 1 is 1.30 bits per heavy atom. The number of benzene rings is 1. The number of rotatable bonds is 6. The molecule has 1 N–H and O–H groups in total. The standard InChI is InChI=1S/C21H26FN3O2/c1-15(2)25-12-4-5-16(14-25)13-23-21(26)19-6-3-7-20(24-19)27-18-10-8-17(22)9-11-18/h3,6-11,15-16H,4-5,12-14H2,1-2H3,(H,23,26). The molecule has 0 saturated carbocycles. The average molecular weight is 371 g/mol. The van der Waals surface area contributed by atoms with E-state index in [2.05, 4.69) is 29.0 Å². The Labute approximate surface area is 159 Å². The SMILES string of the molecule is CC(C)N1CCCC(CNC(=O)c2cccc(Oc3ccc(F)cc3)n2)C1. The Morgan fingerprint density at radius 3 is 2.81 bits per heavy atom. The van der Waals surface area contributed by atoms with Crippen molar-refractivity contribution in [2.75, 3.05) is 19.6 Å². The Hall–Kier alpha value is -2.47. The number of hydrogen-bond acceptors (Lipinski definition) is 4. The maximum Gasteiger partial charge on any atom is 0.270 e. The van der Waals surface area contributed by atoms with Crippen LogP contribution in [0.15, 0.2) is 42.5 Å². The summed E-state index contributed by atoms with van der Waals surface area (Å²) in [7, 11) is 0. The molecule has 6 heteroatoms. The van der Waals surface area contributed by atoms with Gasteiger partial charge in [0.15, 0.2) is 0 Å². The van der Waals surface area contributed by atoms with Crippen molar-refractivity contribution in [3.8, 4) is 11.6 Å². The fourth-order valence-electron chi connectivity index (χ4n) is 3.28. The molecule has 0 bridgehead atoms. The molecule has 2 heterocycles. The van der Waals surface area contributed by atoms with Crippen LogP contribution < -0.4 is 10.1 Å². The van der Waals surface area contributed by atoms with E-state index in [-0.39, 0.29) is 11.7 Å². The second-order valence-corrected chi connectivity index (χ2v) is 7.22. The number of nitrogens with one attached hydrogen (secondary N) is 1. The van der Waals surface area contributed by atoms with E-state index in [4.69, 9.17) is 4.74 Å². The molecule has 144 valence electrons. The van der Waals surface area contributed by atoms with Gasteiger partial charge in [-0.25, -0.2) is 9.37 Å². The highest BCUT2D eigenvalue weighted by atomic mass is 19.1. The van der Waals surface area contributed by atoms with Crippen molar-refractivity contribution in [2.24, 2.45) is 5.92 Å². The highest BCUT2D eigenvalue weighted by Crippen LogP contribution is 2.20. The predicted octanol–water partition coefficient (Wildman–Crippen LogP) is 3.86. The Bertz CT molecular complexity index is 764. The molecule has 0 aliphatic carbocycles. The summed E-state index contributed by atoms with van der Waals surface area (Å²) in [5.41, 5.74) is 0.311. The van der Waals surface area contributed by atoms with Crippen LogP contribution in [0.5, 0.6) is 11.6 Å². The molecule has 1 unspecified atom stereocenters. The number of halogens is 1. The highest BCUT2D eigenvalue weighted by molar-refractivity contribution is 5.92. The number of nitrogens with zero attached hydrogens (tertiary/aromatic N) is 2. The minimum atomic E-state index is -0.331. The van der Waals surface area contributed by atoms with Gasteiger partial charge in [0, 0.05) is 25.2 Å². The third-order valence-corrected chi connectivity index (χ3v) is 4.82. The first kappa shape index (κ1) is 19.3. The summed E-state index contributed by atoms with van der Waals surface area (Å²) in [6.45, 7) is 7.20. The lowest BCUT2D eigenvalue weighted by Crippen LogP contribution is -2.43. The second-order valence-electron chi connectivity index (χ2n) is 7.22. The lowest BCUT2D eigenvalue weighted by atomic mass is 9.97. The molecular weight excluding hydrogens is 345 g/mol. The third-order valence-electron chi connectivity index (χ3n) is 4.82. The molecule has 0 spiro atoms. The van der Waals surface area contributed by atoms with Crippen molar-refractivity contribution >= 4 is 5.91 Å². The molecule has 5 nitrogen and oxygen atoms in total. The maximum absolute atomic E-state index is 13.0. The summed E-state index contributed by atoms with van der Waals surface area (Å²) >= 11 is 0. The summed E-state index contributed by atoms with van der Waals surface area (Å²) in [6.07, 6.45) is 2.29. The molecule has 0 radical (unpaired) electrons. The number of hydrogen-bond donors (Lipinski definition) is 1. The van der Waals surface area contributed by atoms with Crippen molar-refractivity contribution in [2.45, 2.75) is 32.7 Å². The monoisotopic (exact) mass is 371 g/mol. The van der Waals surface area contributed by atoms with Crippen LogP contribution in [0.3, 0.4) is 0 Å². The van der Waals surface area contributed by atoms with Gasteiger partial charge in [0.05, 0.1) is 0 Å². The van der Waals surface area contributed by atoms with Crippen LogP contribution in [-0.4, -0.2) is 41.5 Å². The number of carbonyl (C=O) groups is 1. The molecule has 1 aromatic carbocycles. The van der Waals surface area contributed by atoms with Gasteiger partial charge in [0.2, 0.25) is 5.88 Å². The maximum atomic E-state index is 13.0. The number of piperidine rings is 1. The first-order chi connectivity index (χ1) is 13.0. The molecule has 1 aliphatic rings. The lowest BCUT2D eigenvalue weighted by molar-refractivity contribution is 0.0917. The fraction of sp³-hybridized carbons (Fsp3) is 0.429. The number of pyridine rings is 1. The minimum Gasteiger partial charge on any atom is -0.439 e. The van der Waals surface area contributed by atoms with Gasteiger partial charge >= 0.3 is 0 Å². The molecule has 1 aromatic heterocycles. The van der Waals surface area contributed by atoms with E-state index in [0.717, 1.165) is 25.9 Å². The van der Waals surface area contributed by atoms with E-state index in [1.54, 1.807) is 18.2 Å². The number of amides is 1. The first-order valence-corrected chi connectivity index (χ1v) is 9.44. The summed E-state index contributed by atoms with van der Waals surface area (Å²) in [6, 6.07) is 11.3. The predicted molar refractivity (Wildman–Crippen MR) is 102 cm³/mol. The molecule has 2 aromatic rings. The van der Waals surface area contributed by atoms with E-state index in [1.807, 2.05) is 0 Å². The summed E-state index contributed by atoms with van der Waals surface area (Å²) in [4.78, 5) is 19.2. The highest BCUT2D eigenvalue weighted by Gasteiger charge is 2.22. The average Bonchev–Trinajstić information content (AvgIpc) is 2.68. The normalized spacial score (nSPS) is 17.7. The third kappa shape index (κ3) is 5.50. The van der Waals surface area contributed by atoms with E-state index in [9.17, 15) is 9.18 Å². The Morgan fingerprint density at radius 2 is 2.07 bits per heavy atom. The van der Waals surface area contributed by atoms with Crippen molar-refractivity contribution < 1.29 is 13.9 Å². The van der Waals surface area contributed by atoms with Crippen LogP contribution in [0.2, 0.25) is 0 Å². The van der Waals surface area contributed by atoms with Crippen molar-refractivity contribution in [1.29, 1.82) is 0 Å². The molecule has 1 fully saturated rings. The number of likely N-dealkylation sites (tertiary alicyclic amines) is 1. The number of aromatic nitrogens is 1. The van der Waals surface area contributed by atoms with Gasteiger partial charge in [0.1, 0.15) is 17.3 Å². The van der Waals surface area contributed by atoms with Gasteiger partial charge in [0.25, 0.3) is 5.91 Å². The van der Waals surface area contributed by atoms with Gasteiger partial charge in [-0.3, -0.25) is 4.79 Å². The molecule has 3 rings (SSSR count). The van der Waals surface area contributed by atoms with Gasteiger partial charge in [-0.1, -0.05) is 6.07 Å². The van der Waals surface area contributed by atoms with Crippen LogP contribution in [0.25, 0.3) is 0 Å². The summed E-state index contributed by atoms with van der Waals surface area (Å²) < 4.78 is 18.6. The van der Waals surface area contributed by atoms with E-state index < -0.39 is 0 Å². The van der Waals surface area contributed by atoms with Crippen LogP contribution in [0.1, 0.15) is 37.2 Å². The quantitative estimate of drug-likeness (QED) is 0.838. The zero-order valence-electron chi connectivity index (χ0n) is 15.8. The van der Waals surface area contributed by atoms with Crippen LogP contribution in [-0.2, 0) is 0 Å². The van der Waals surface area contributed by atoms with Crippen LogP contribution in [0, 0.1) is 11.7 Å². The minimum absolute atomic E-state index is 0.207.